The number of nitrogens with zero attached hydrogens (tertiary/aromatic N) is 7. The van der Waals surface area contributed by atoms with E-state index in [1.807, 2.05) is 37.3 Å². The Balaban J connectivity index is 1.80. The fraction of sp³-hybridized carbons (Fsp3) is 0.130. The van der Waals surface area contributed by atoms with E-state index < -0.39 is 0 Å². The first-order chi connectivity index (χ1) is 15.7. The number of hydrogen-bond donors (Lipinski definition) is 1. The molecular formula is C23H18N8O. The zero-order valence-corrected chi connectivity index (χ0v) is 17.2. The van der Waals surface area contributed by atoms with Gasteiger partial charge in [0, 0.05) is 17.5 Å². The molecule has 0 bridgehead atoms. The van der Waals surface area contributed by atoms with Crippen LogP contribution in [0.5, 0.6) is 0 Å². The molecular weight excluding hydrogens is 404 g/mol. The maximum absolute atomic E-state index is 9.67. The van der Waals surface area contributed by atoms with Crippen LogP contribution in [0.15, 0.2) is 59.5 Å². The topological polar surface area (TPSA) is 132 Å². The zero-order chi connectivity index (χ0) is 22.1. The van der Waals surface area contributed by atoms with Crippen LogP contribution in [0.1, 0.15) is 29.7 Å². The van der Waals surface area contributed by atoms with Gasteiger partial charge in [0.1, 0.15) is 11.4 Å². The maximum atomic E-state index is 9.67. The molecule has 4 aromatic heterocycles. The van der Waals surface area contributed by atoms with Gasteiger partial charge in [-0.3, -0.25) is 4.98 Å². The first kappa shape index (κ1) is 19.4. The number of rotatable bonds is 5. The molecule has 9 nitrogen and oxygen atoms in total. The van der Waals surface area contributed by atoms with Crippen LogP contribution in [0.2, 0.25) is 0 Å². The van der Waals surface area contributed by atoms with Crippen LogP contribution >= 0.6 is 0 Å². The molecule has 0 atom stereocenters. The third-order valence-corrected chi connectivity index (χ3v) is 5.11. The van der Waals surface area contributed by atoms with Crippen molar-refractivity contribution in [2.75, 3.05) is 5.73 Å². The summed E-state index contributed by atoms with van der Waals surface area (Å²) in [6.45, 7) is 1.99. The van der Waals surface area contributed by atoms with Crippen molar-refractivity contribution in [1.82, 2.24) is 29.5 Å². The molecule has 0 amide bonds. The molecule has 0 fully saturated rings. The average Bonchev–Trinajstić information content (AvgIpc) is 3.47. The molecule has 0 saturated heterocycles. The van der Waals surface area contributed by atoms with E-state index in [4.69, 9.17) is 15.2 Å². The summed E-state index contributed by atoms with van der Waals surface area (Å²) in [7, 11) is 0. The fourth-order valence-corrected chi connectivity index (χ4v) is 3.63. The minimum atomic E-state index is 0.203. The van der Waals surface area contributed by atoms with Gasteiger partial charge < -0.3 is 10.2 Å². The van der Waals surface area contributed by atoms with Crippen LogP contribution in [-0.4, -0.2) is 29.5 Å². The summed E-state index contributed by atoms with van der Waals surface area (Å²) < 4.78 is 7.41. The largest absolute Gasteiger partial charge is 0.441 e. The quantitative estimate of drug-likeness (QED) is 0.455. The Hall–Kier alpha value is -4.58. The van der Waals surface area contributed by atoms with Gasteiger partial charge in [-0.05, 0) is 24.6 Å². The van der Waals surface area contributed by atoms with E-state index in [0.717, 1.165) is 11.4 Å². The van der Waals surface area contributed by atoms with E-state index in [9.17, 15) is 5.26 Å². The van der Waals surface area contributed by atoms with Crippen molar-refractivity contribution in [3.8, 4) is 28.8 Å². The molecule has 32 heavy (non-hydrogen) atoms. The Morgan fingerprint density at radius 3 is 2.72 bits per heavy atom. The second kappa shape index (κ2) is 7.92. The summed E-state index contributed by atoms with van der Waals surface area (Å²) in [6.07, 6.45) is 4.20. The number of fused-ring (bicyclic) bond motifs is 1. The molecule has 0 unspecified atom stereocenters. The van der Waals surface area contributed by atoms with Crippen molar-refractivity contribution < 1.29 is 4.42 Å². The maximum Gasteiger partial charge on any atom is 0.199 e. The Morgan fingerprint density at radius 2 is 1.94 bits per heavy atom. The summed E-state index contributed by atoms with van der Waals surface area (Å²) in [5, 5.41) is 14.4. The van der Waals surface area contributed by atoms with Gasteiger partial charge >= 0.3 is 0 Å². The minimum Gasteiger partial charge on any atom is -0.441 e. The number of anilines is 1. The fourth-order valence-electron chi connectivity index (χ4n) is 3.63. The summed E-state index contributed by atoms with van der Waals surface area (Å²) in [5.74, 6) is 1.26. The van der Waals surface area contributed by atoms with Gasteiger partial charge in [-0.25, -0.2) is 19.5 Å². The van der Waals surface area contributed by atoms with Crippen LogP contribution in [0.3, 0.4) is 0 Å². The van der Waals surface area contributed by atoms with Gasteiger partial charge in [-0.1, -0.05) is 31.2 Å². The standard InChI is InChI=1S/C23H18N8O/c1-2-17-21(32-13-27-17)20-19(16-9-4-3-7-14(16)12-24)29-22(25)23-28-18(30-31(20)23)11-15-8-5-6-10-26-15/h3-10,13H,2,11H2,1H3,(H2,25,29). The molecule has 5 rings (SSSR count). The lowest BCUT2D eigenvalue weighted by molar-refractivity contribution is 0.566. The zero-order valence-electron chi connectivity index (χ0n) is 17.2. The third-order valence-electron chi connectivity index (χ3n) is 5.11. The summed E-state index contributed by atoms with van der Waals surface area (Å²) in [5.41, 5.74) is 10.4. The number of hydrogen-bond acceptors (Lipinski definition) is 8. The third kappa shape index (κ3) is 3.24. The molecule has 0 aliphatic rings. The molecule has 0 radical (unpaired) electrons. The normalized spacial score (nSPS) is 11.0. The SMILES string of the molecule is CCc1ncoc1-c1c(-c2ccccc2C#N)nc(N)c2nc(Cc3ccccn3)nn12. The predicted molar refractivity (Wildman–Crippen MR) is 117 cm³/mol. The lowest BCUT2D eigenvalue weighted by Gasteiger charge is -2.12. The minimum absolute atomic E-state index is 0.203. The van der Waals surface area contributed by atoms with E-state index in [0.29, 0.717) is 52.6 Å². The Labute approximate surface area is 183 Å². The van der Waals surface area contributed by atoms with E-state index in [1.54, 1.807) is 22.8 Å². The van der Waals surface area contributed by atoms with Crippen LogP contribution < -0.4 is 5.73 Å². The van der Waals surface area contributed by atoms with E-state index in [2.05, 4.69) is 26.0 Å². The highest BCUT2D eigenvalue weighted by Gasteiger charge is 2.25. The Bertz CT molecular complexity index is 1460. The second-order valence-corrected chi connectivity index (χ2v) is 7.09. The van der Waals surface area contributed by atoms with Gasteiger partial charge in [-0.2, -0.15) is 5.26 Å². The van der Waals surface area contributed by atoms with Gasteiger partial charge in [0.15, 0.2) is 29.4 Å². The lowest BCUT2D eigenvalue weighted by atomic mass is 10.0. The van der Waals surface area contributed by atoms with E-state index >= 15 is 0 Å². The number of nitrogens with two attached hydrogens (primary N) is 1. The molecule has 2 N–H and O–H groups in total. The highest BCUT2D eigenvalue weighted by atomic mass is 16.3. The molecule has 9 heteroatoms. The van der Waals surface area contributed by atoms with Crippen molar-refractivity contribution in [3.05, 3.63) is 77.8 Å². The number of aryl methyl sites for hydroxylation is 1. The van der Waals surface area contributed by atoms with E-state index in [1.165, 1.54) is 6.39 Å². The van der Waals surface area contributed by atoms with Crippen molar-refractivity contribution in [2.45, 2.75) is 19.8 Å². The van der Waals surface area contributed by atoms with Gasteiger partial charge in [0.2, 0.25) is 0 Å². The average molecular weight is 422 g/mol. The number of nitriles is 1. The van der Waals surface area contributed by atoms with Crippen molar-refractivity contribution in [2.24, 2.45) is 0 Å². The summed E-state index contributed by atoms with van der Waals surface area (Å²) in [6, 6.07) is 15.1. The number of pyridine rings is 1. The molecule has 156 valence electrons. The van der Waals surface area contributed by atoms with E-state index in [-0.39, 0.29) is 5.82 Å². The first-order valence-corrected chi connectivity index (χ1v) is 10.1. The highest BCUT2D eigenvalue weighted by molar-refractivity contribution is 5.83. The number of benzene rings is 1. The monoisotopic (exact) mass is 422 g/mol. The van der Waals surface area contributed by atoms with Crippen LogP contribution in [0.25, 0.3) is 28.4 Å². The Kier molecular flexibility index (Phi) is 4.80. The van der Waals surface area contributed by atoms with Crippen molar-refractivity contribution >= 4 is 11.5 Å². The second-order valence-electron chi connectivity index (χ2n) is 7.09. The van der Waals surface area contributed by atoms with Gasteiger partial charge in [0.05, 0.1) is 23.7 Å². The van der Waals surface area contributed by atoms with Crippen LogP contribution in [0, 0.1) is 11.3 Å². The summed E-state index contributed by atoms with van der Waals surface area (Å²) in [4.78, 5) is 17.9. The Morgan fingerprint density at radius 1 is 1.09 bits per heavy atom. The number of oxazole rings is 1. The van der Waals surface area contributed by atoms with Crippen LogP contribution in [-0.2, 0) is 12.8 Å². The molecule has 4 heterocycles. The lowest BCUT2D eigenvalue weighted by Crippen LogP contribution is -2.06. The molecule has 1 aromatic carbocycles. The summed E-state index contributed by atoms with van der Waals surface area (Å²) >= 11 is 0. The smallest absolute Gasteiger partial charge is 0.199 e. The molecule has 0 saturated carbocycles. The number of aromatic nitrogens is 6. The van der Waals surface area contributed by atoms with Gasteiger partial charge in [0.25, 0.3) is 0 Å². The van der Waals surface area contributed by atoms with Crippen molar-refractivity contribution in [3.63, 3.8) is 0 Å². The number of nitrogen functional groups attached to an aromatic ring is 1. The molecule has 0 aliphatic carbocycles. The first-order valence-electron chi connectivity index (χ1n) is 10.1. The predicted octanol–water partition coefficient (Wildman–Crippen LogP) is 3.45. The van der Waals surface area contributed by atoms with Crippen molar-refractivity contribution in [1.29, 1.82) is 5.26 Å². The molecule has 5 aromatic rings. The molecule has 0 spiro atoms. The van der Waals surface area contributed by atoms with Gasteiger partial charge in [-0.15, -0.1) is 5.10 Å². The van der Waals surface area contributed by atoms with Crippen LogP contribution in [0.4, 0.5) is 5.82 Å². The highest BCUT2D eigenvalue weighted by Crippen LogP contribution is 2.36. The molecule has 0 aliphatic heterocycles.